The van der Waals surface area contributed by atoms with E-state index in [2.05, 4.69) is 83.4 Å². The van der Waals surface area contributed by atoms with E-state index in [9.17, 15) is 0 Å². The number of hydrogen-bond donors (Lipinski definition) is 0. The van der Waals surface area contributed by atoms with Crippen molar-refractivity contribution >= 4 is 5.71 Å². The molecular formula is C36H50N2O3. The van der Waals surface area contributed by atoms with E-state index >= 15 is 0 Å². The molecule has 1 heterocycles. The van der Waals surface area contributed by atoms with Crippen LogP contribution in [0.2, 0.25) is 0 Å². The lowest BCUT2D eigenvalue weighted by atomic mass is 9.52. The first-order chi connectivity index (χ1) is 19.8. The molecule has 2 aromatic rings. The molecule has 222 valence electrons. The predicted octanol–water partition coefficient (Wildman–Crippen LogP) is 7.83. The smallest absolute Gasteiger partial charge is 0.165 e. The Hall–Kier alpha value is -2.37. The number of hydrazone groups is 1. The second kappa shape index (κ2) is 11.7. The van der Waals surface area contributed by atoms with Crippen LogP contribution in [0.1, 0.15) is 88.3 Å². The van der Waals surface area contributed by atoms with Crippen LogP contribution in [0.3, 0.4) is 0 Å². The van der Waals surface area contributed by atoms with E-state index in [4.69, 9.17) is 19.3 Å². The molecule has 5 nitrogen and oxygen atoms in total. The average molecular weight is 559 g/mol. The highest BCUT2D eigenvalue weighted by Crippen LogP contribution is 2.63. The molecule has 6 atom stereocenters. The Morgan fingerprint density at radius 2 is 1.80 bits per heavy atom. The van der Waals surface area contributed by atoms with E-state index in [1.165, 1.54) is 55.4 Å². The van der Waals surface area contributed by atoms with Gasteiger partial charge in [0, 0.05) is 37.6 Å². The minimum atomic E-state index is -0.435. The van der Waals surface area contributed by atoms with Crippen molar-refractivity contribution < 1.29 is 14.2 Å². The van der Waals surface area contributed by atoms with Gasteiger partial charge >= 0.3 is 0 Å². The second-order valence-corrected chi connectivity index (χ2v) is 13.8. The fourth-order valence-electron chi connectivity index (χ4n) is 9.02. The molecule has 0 radical (unpaired) electrons. The maximum absolute atomic E-state index is 6.28. The Labute approximate surface area is 247 Å². The van der Waals surface area contributed by atoms with Gasteiger partial charge in [-0.15, -0.1) is 0 Å². The van der Waals surface area contributed by atoms with E-state index < -0.39 is 5.79 Å². The molecule has 2 saturated carbocycles. The summed E-state index contributed by atoms with van der Waals surface area (Å²) in [6.45, 7) is 9.08. The molecule has 6 rings (SSSR count). The highest BCUT2D eigenvalue weighted by Gasteiger charge is 2.58. The Balaban J connectivity index is 1.27. The standard InChI is InChI=1S/C36H50N2O3/c1-6-10-26-21-28-22-29(39-24-25-11-8-7-9-12-25)13-14-30(28)31-16-17-35(2)32(33(26)31)23-27(34(35)37-38(4)5)15-18-36(3)40-19-20-41-36/h7-9,11-14,22,26-27,31-33H,6,10,15-21,23-24H2,1-5H3/t26-,27-,31-,32+,33-,35+/m1/s1. The molecule has 3 fully saturated rings. The van der Waals surface area contributed by atoms with Gasteiger partial charge in [0.05, 0.1) is 13.2 Å². The molecule has 2 aromatic carbocycles. The lowest BCUT2D eigenvalue weighted by Crippen LogP contribution is -2.46. The summed E-state index contributed by atoms with van der Waals surface area (Å²) in [5.41, 5.74) is 5.94. The van der Waals surface area contributed by atoms with Gasteiger partial charge < -0.3 is 19.2 Å². The summed E-state index contributed by atoms with van der Waals surface area (Å²) < 4.78 is 18.3. The summed E-state index contributed by atoms with van der Waals surface area (Å²) in [5.74, 6) is 3.79. The lowest BCUT2D eigenvalue weighted by molar-refractivity contribution is -0.148. The maximum atomic E-state index is 6.28. The van der Waals surface area contributed by atoms with Crippen LogP contribution in [0, 0.1) is 29.1 Å². The zero-order valence-corrected chi connectivity index (χ0v) is 25.9. The third-order valence-corrected chi connectivity index (χ3v) is 10.8. The molecule has 3 aliphatic carbocycles. The van der Waals surface area contributed by atoms with E-state index in [0.717, 1.165) is 18.6 Å². The largest absolute Gasteiger partial charge is 0.489 e. The van der Waals surface area contributed by atoms with E-state index in [1.807, 2.05) is 5.01 Å². The van der Waals surface area contributed by atoms with Gasteiger partial charge in [-0.3, -0.25) is 0 Å². The number of nitrogens with zero attached hydrogens (tertiary/aromatic N) is 2. The summed E-state index contributed by atoms with van der Waals surface area (Å²) in [5, 5.41) is 7.29. The van der Waals surface area contributed by atoms with Crippen molar-refractivity contribution in [3.05, 3.63) is 65.2 Å². The normalized spacial score (nSPS) is 32.8. The van der Waals surface area contributed by atoms with Gasteiger partial charge in [0.2, 0.25) is 0 Å². The third-order valence-electron chi connectivity index (χ3n) is 10.8. The molecule has 0 amide bonds. The minimum Gasteiger partial charge on any atom is -0.489 e. The maximum Gasteiger partial charge on any atom is 0.165 e. The summed E-state index contributed by atoms with van der Waals surface area (Å²) in [6.07, 6.45) is 9.45. The third kappa shape index (κ3) is 5.69. The fourth-order valence-corrected chi connectivity index (χ4v) is 9.02. The predicted molar refractivity (Wildman–Crippen MR) is 165 cm³/mol. The molecule has 1 saturated heterocycles. The van der Waals surface area contributed by atoms with Crippen molar-refractivity contribution in [3.63, 3.8) is 0 Å². The van der Waals surface area contributed by atoms with Gasteiger partial charge in [0.15, 0.2) is 5.79 Å². The van der Waals surface area contributed by atoms with Gasteiger partial charge in [-0.2, -0.15) is 5.10 Å². The Bertz CT molecular complexity index is 1220. The van der Waals surface area contributed by atoms with Gasteiger partial charge in [-0.05, 0) is 91.5 Å². The molecule has 0 spiro atoms. The van der Waals surface area contributed by atoms with Crippen LogP contribution in [0.5, 0.6) is 5.75 Å². The average Bonchev–Trinajstić information content (AvgIpc) is 3.52. The lowest BCUT2D eigenvalue weighted by Gasteiger charge is -2.52. The van der Waals surface area contributed by atoms with Crippen LogP contribution < -0.4 is 4.74 Å². The zero-order chi connectivity index (χ0) is 28.6. The molecule has 0 aromatic heterocycles. The first-order valence-electron chi connectivity index (χ1n) is 16.1. The number of fused-ring (bicyclic) bond motifs is 5. The Kier molecular flexibility index (Phi) is 8.22. The quantitative estimate of drug-likeness (QED) is 0.294. The highest BCUT2D eigenvalue weighted by molar-refractivity contribution is 5.94. The van der Waals surface area contributed by atoms with Crippen molar-refractivity contribution in [1.82, 2.24) is 5.01 Å². The first-order valence-corrected chi connectivity index (χ1v) is 16.1. The van der Waals surface area contributed by atoms with Crippen LogP contribution in [-0.2, 0) is 22.5 Å². The number of hydrogen-bond acceptors (Lipinski definition) is 5. The molecule has 0 bridgehead atoms. The van der Waals surface area contributed by atoms with Crippen LogP contribution >= 0.6 is 0 Å². The summed E-state index contributed by atoms with van der Waals surface area (Å²) in [6, 6.07) is 17.5. The van der Waals surface area contributed by atoms with Gasteiger partial charge in [-0.25, -0.2) is 0 Å². The van der Waals surface area contributed by atoms with Gasteiger partial charge in [-0.1, -0.05) is 63.1 Å². The monoisotopic (exact) mass is 558 g/mol. The molecule has 41 heavy (non-hydrogen) atoms. The molecule has 1 aliphatic heterocycles. The van der Waals surface area contributed by atoms with Crippen molar-refractivity contribution in [2.75, 3.05) is 27.3 Å². The molecule has 0 unspecified atom stereocenters. The number of ether oxygens (including phenoxy) is 3. The first kappa shape index (κ1) is 28.7. The molecule has 0 N–H and O–H groups in total. The summed E-state index contributed by atoms with van der Waals surface area (Å²) in [7, 11) is 4.18. The minimum absolute atomic E-state index is 0.163. The van der Waals surface area contributed by atoms with Crippen LogP contribution in [0.4, 0.5) is 0 Å². The highest BCUT2D eigenvalue weighted by atomic mass is 16.7. The van der Waals surface area contributed by atoms with E-state index in [-0.39, 0.29) is 5.41 Å². The van der Waals surface area contributed by atoms with Crippen molar-refractivity contribution in [3.8, 4) is 5.75 Å². The summed E-state index contributed by atoms with van der Waals surface area (Å²) >= 11 is 0. The SMILES string of the molecule is CCC[C@@H]1Cc2cc(OCc3ccccc3)ccc2[C@H]2CC[C@]3(C)C(=NN(C)C)[C@H](CCC4(C)OCCO4)C[C@H]3[C@H]12. The Morgan fingerprint density at radius 1 is 1.02 bits per heavy atom. The number of rotatable bonds is 9. The van der Waals surface area contributed by atoms with Crippen LogP contribution in [0.15, 0.2) is 53.6 Å². The zero-order valence-electron chi connectivity index (χ0n) is 25.9. The fraction of sp³-hybridized carbons (Fsp3) is 0.639. The van der Waals surface area contributed by atoms with Crippen molar-refractivity contribution in [2.24, 2.45) is 34.2 Å². The van der Waals surface area contributed by atoms with Crippen LogP contribution in [0.25, 0.3) is 0 Å². The number of benzene rings is 2. The van der Waals surface area contributed by atoms with Crippen LogP contribution in [-0.4, -0.2) is 43.8 Å². The van der Waals surface area contributed by atoms with Crippen molar-refractivity contribution in [1.29, 1.82) is 0 Å². The Morgan fingerprint density at radius 3 is 2.54 bits per heavy atom. The van der Waals surface area contributed by atoms with E-state index in [0.29, 0.717) is 49.4 Å². The second-order valence-electron chi connectivity index (χ2n) is 13.8. The van der Waals surface area contributed by atoms with Gasteiger partial charge in [0.25, 0.3) is 0 Å². The molecular weight excluding hydrogens is 508 g/mol. The van der Waals surface area contributed by atoms with E-state index in [1.54, 1.807) is 5.56 Å². The summed E-state index contributed by atoms with van der Waals surface area (Å²) in [4.78, 5) is 0. The molecule has 4 aliphatic rings. The molecule has 5 heteroatoms. The topological polar surface area (TPSA) is 43.3 Å². The van der Waals surface area contributed by atoms with Crippen molar-refractivity contribution in [2.45, 2.75) is 90.4 Å². The van der Waals surface area contributed by atoms with Gasteiger partial charge in [0.1, 0.15) is 12.4 Å².